The van der Waals surface area contributed by atoms with Crippen LogP contribution in [-0.2, 0) is 11.3 Å². The molecular weight excluding hydrogens is 375 g/mol. The zero-order valence-electron chi connectivity index (χ0n) is 16.8. The van der Waals surface area contributed by atoms with Crippen molar-refractivity contribution in [3.05, 3.63) is 68.9 Å². The van der Waals surface area contributed by atoms with Crippen molar-refractivity contribution in [1.82, 2.24) is 9.88 Å². The number of halogens is 1. The molecule has 6 nitrogen and oxygen atoms in total. The number of aryl methyl sites for hydroxylation is 1. The highest BCUT2D eigenvalue weighted by molar-refractivity contribution is 6.00. The van der Waals surface area contributed by atoms with E-state index in [1.54, 1.807) is 32.0 Å². The molecule has 2 aromatic rings. The van der Waals surface area contributed by atoms with Crippen LogP contribution in [0.15, 0.2) is 35.3 Å². The van der Waals surface area contributed by atoms with Crippen molar-refractivity contribution in [3.63, 3.8) is 0 Å². The molecule has 154 valence electrons. The Morgan fingerprint density at radius 3 is 2.76 bits per heavy atom. The molecule has 0 radical (unpaired) electrons. The number of rotatable bonds is 8. The van der Waals surface area contributed by atoms with Gasteiger partial charge in [-0.05, 0) is 31.9 Å². The number of amides is 1. The van der Waals surface area contributed by atoms with Crippen molar-refractivity contribution in [2.75, 3.05) is 6.61 Å². The van der Waals surface area contributed by atoms with Crippen LogP contribution in [0.5, 0.6) is 0 Å². The Labute approximate surface area is 168 Å². The largest absolute Gasteiger partial charge is 0.376 e. The van der Waals surface area contributed by atoms with Crippen LogP contribution >= 0.6 is 0 Å². The van der Waals surface area contributed by atoms with Crippen LogP contribution in [0.3, 0.4) is 0 Å². The van der Waals surface area contributed by atoms with Crippen LogP contribution in [0, 0.1) is 12.7 Å². The molecule has 1 aliphatic rings. The lowest BCUT2D eigenvalue weighted by atomic mass is 10.1. The maximum atomic E-state index is 14.4. The predicted molar refractivity (Wildman–Crippen MR) is 107 cm³/mol. The van der Waals surface area contributed by atoms with E-state index in [2.05, 4.69) is 5.32 Å². The SMILES string of the molecule is CCOC1CC1NC(=O)c1cc(C(=O)CC)c(=O)n(Cc2cccc(C)c2F)c1. The maximum absolute atomic E-state index is 14.4. The van der Waals surface area contributed by atoms with E-state index in [-0.39, 0.29) is 47.9 Å². The molecule has 2 unspecified atom stereocenters. The van der Waals surface area contributed by atoms with Gasteiger partial charge in [0.1, 0.15) is 5.82 Å². The first kappa shape index (κ1) is 20.9. The number of hydrogen-bond acceptors (Lipinski definition) is 4. The number of ketones is 1. The number of hydrogen-bond donors (Lipinski definition) is 1. The van der Waals surface area contributed by atoms with E-state index < -0.39 is 11.4 Å². The average Bonchev–Trinajstić information content (AvgIpc) is 3.43. The van der Waals surface area contributed by atoms with Crippen molar-refractivity contribution < 1.29 is 18.7 Å². The van der Waals surface area contributed by atoms with E-state index in [1.807, 2.05) is 6.92 Å². The van der Waals surface area contributed by atoms with Gasteiger partial charge in [-0.25, -0.2) is 4.39 Å². The topological polar surface area (TPSA) is 77.4 Å². The molecule has 1 aromatic carbocycles. The molecule has 0 spiro atoms. The van der Waals surface area contributed by atoms with E-state index in [0.717, 1.165) is 6.42 Å². The molecule has 2 atom stereocenters. The van der Waals surface area contributed by atoms with Gasteiger partial charge in [-0.2, -0.15) is 0 Å². The monoisotopic (exact) mass is 400 g/mol. The molecule has 1 heterocycles. The molecule has 0 saturated heterocycles. The van der Waals surface area contributed by atoms with Gasteiger partial charge in [-0.3, -0.25) is 14.4 Å². The number of benzene rings is 1. The first-order valence-corrected chi connectivity index (χ1v) is 9.79. The van der Waals surface area contributed by atoms with Gasteiger partial charge in [-0.1, -0.05) is 25.1 Å². The second-order valence-electron chi connectivity index (χ2n) is 7.21. The van der Waals surface area contributed by atoms with Crippen molar-refractivity contribution >= 4 is 11.7 Å². The summed E-state index contributed by atoms with van der Waals surface area (Å²) in [5.41, 5.74) is 0.373. The van der Waals surface area contributed by atoms with Crippen LogP contribution in [0.4, 0.5) is 4.39 Å². The number of aromatic nitrogens is 1. The average molecular weight is 400 g/mol. The second-order valence-corrected chi connectivity index (χ2v) is 7.21. The van der Waals surface area contributed by atoms with Gasteiger partial charge in [-0.15, -0.1) is 0 Å². The zero-order chi connectivity index (χ0) is 21.1. The summed E-state index contributed by atoms with van der Waals surface area (Å²) in [4.78, 5) is 37.7. The van der Waals surface area contributed by atoms with E-state index >= 15 is 0 Å². The lowest BCUT2D eigenvalue weighted by Gasteiger charge is -2.13. The molecule has 1 amide bonds. The normalized spacial score (nSPS) is 17.8. The van der Waals surface area contributed by atoms with Crippen LogP contribution in [0.2, 0.25) is 0 Å². The molecular formula is C22H25FN2O4. The molecule has 1 saturated carbocycles. The third kappa shape index (κ3) is 4.62. The van der Waals surface area contributed by atoms with Crippen molar-refractivity contribution in [3.8, 4) is 0 Å². The fourth-order valence-corrected chi connectivity index (χ4v) is 3.25. The number of pyridine rings is 1. The summed E-state index contributed by atoms with van der Waals surface area (Å²) in [5.74, 6) is -1.15. The minimum Gasteiger partial charge on any atom is -0.376 e. The van der Waals surface area contributed by atoms with Crippen molar-refractivity contribution in [2.45, 2.75) is 52.3 Å². The van der Waals surface area contributed by atoms with Crippen LogP contribution < -0.4 is 10.9 Å². The van der Waals surface area contributed by atoms with Gasteiger partial charge < -0.3 is 14.6 Å². The van der Waals surface area contributed by atoms with Crippen molar-refractivity contribution in [2.24, 2.45) is 0 Å². The summed E-state index contributed by atoms with van der Waals surface area (Å²) < 4.78 is 21.1. The minimum atomic E-state index is -0.534. The van der Waals surface area contributed by atoms with Gasteiger partial charge in [0.25, 0.3) is 11.5 Å². The molecule has 3 rings (SSSR count). The van der Waals surface area contributed by atoms with Gasteiger partial charge in [0, 0.05) is 24.8 Å². The van der Waals surface area contributed by atoms with Gasteiger partial charge in [0.05, 0.1) is 29.8 Å². The van der Waals surface area contributed by atoms with E-state index in [0.29, 0.717) is 17.7 Å². The first-order chi connectivity index (χ1) is 13.8. The Balaban J connectivity index is 1.94. The number of carbonyl (C=O) groups excluding carboxylic acids is 2. The summed E-state index contributed by atoms with van der Waals surface area (Å²) >= 11 is 0. The van der Waals surface area contributed by atoms with Crippen LogP contribution in [-0.4, -0.2) is 35.0 Å². The third-order valence-electron chi connectivity index (χ3n) is 5.01. The number of nitrogens with one attached hydrogen (secondary N) is 1. The Morgan fingerprint density at radius 2 is 2.07 bits per heavy atom. The summed E-state index contributed by atoms with van der Waals surface area (Å²) in [6.07, 6.45) is 2.24. The van der Waals surface area contributed by atoms with Crippen LogP contribution in [0.25, 0.3) is 0 Å². The van der Waals surface area contributed by atoms with Crippen LogP contribution in [0.1, 0.15) is 58.5 Å². The van der Waals surface area contributed by atoms with Gasteiger partial charge in [0.15, 0.2) is 5.78 Å². The van der Waals surface area contributed by atoms with Gasteiger partial charge >= 0.3 is 0 Å². The van der Waals surface area contributed by atoms with E-state index in [4.69, 9.17) is 4.74 Å². The molecule has 1 fully saturated rings. The zero-order valence-corrected chi connectivity index (χ0v) is 16.8. The Hall–Kier alpha value is -2.80. The summed E-state index contributed by atoms with van der Waals surface area (Å²) in [5, 5.41) is 2.86. The predicted octanol–water partition coefficient (Wildman–Crippen LogP) is 2.84. The van der Waals surface area contributed by atoms with Gasteiger partial charge in [0.2, 0.25) is 0 Å². The third-order valence-corrected chi connectivity index (χ3v) is 5.01. The number of Topliss-reactive ketones (excluding diaryl/α,β-unsaturated/α-hetero) is 1. The maximum Gasteiger partial charge on any atom is 0.261 e. The second kappa shape index (κ2) is 8.69. The lowest BCUT2D eigenvalue weighted by Crippen LogP contribution is -2.32. The first-order valence-electron chi connectivity index (χ1n) is 9.79. The fraction of sp³-hybridized carbons (Fsp3) is 0.409. The number of carbonyl (C=O) groups is 2. The molecule has 1 aromatic heterocycles. The van der Waals surface area contributed by atoms with E-state index in [9.17, 15) is 18.8 Å². The molecule has 1 aliphatic carbocycles. The number of nitrogens with zero attached hydrogens (tertiary/aromatic N) is 1. The summed E-state index contributed by atoms with van der Waals surface area (Å²) in [7, 11) is 0. The highest BCUT2D eigenvalue weighted by Crippen LogP contribution is 2.25. The fourth-order valence-electron chi connectivity index (χ4n) is 3.25. The quantitative estimate of drug-likeness (QED) is 0.692. The summed E-state index contributed by atoms with van der Waals surface area (Å²) in [6, 6.07) is 6.17. The Bertz CT molecular complexity index is 999. The molecule has 0 bridgehead atoms. The molecule has 0 aliphatic heterocycles. The Morgan fingerprint density at radius 1 is 1.31 bits per heavy atom. The Kier molecular flexibility index (Phi) is 6.27. The smallest absolute Gasteiger partial charge is 0.261 e. The minimum absolute atomic E-state index is 0.00649. The lowest BCUT2D eigenvalue weighted by molar-refractivity contribution is 0.0914. The molecule has 29 heavy (non-hydrogen) atoms. The number of ether oxygens (including phenoxy) is 1. The highest BCUT2D eigenvalue weighted by Gasteiger charge is 2.39. The highest BCUT2D eigenvalue weighted by atomic mass is 19.1. The summed E-state index contributed by atoms with van der Waals surface area (Å²) in [6.45, 7) is 5.68. The molecule has 7 heteroatoms. The molecule has 1 N–H and O–H groups in total. The standard InChI is InChI=1S/C22H25FN2O4/c1-4-18(26)16-9-15(21(27)24-17-10-19(17)29-5-2)12-25(22(16)28)11-14-8-6-7-13(3)20(14)23/h6-9,12,17,19H,4-5,10-11H2,1-3H3,(H,24,27). The van der Waals surface area contributed by atoms with E-state index in [1.165, 1.54) is 16.8 Å². The van der Waals surface area contributed by atoms with Crippen molar-refractivity contribution in [1.29, 1.82) is 0 Å².